The average molecular weight is 248 g/mol. The van der Waals surface area contributed by atoms with Crippen LogP contribution in [0.25, 0.3) is 0 Å². The molecular formula is C13H20N4O. The maximum Gasteiger partial charge on any atom is 0.274 e. The van der Waals surface area contributed by atoms with Crippen molar-refractivity contribution in [3.8, 4) is 0 Å². The number of hydrogen-bond acceptors (Lipinski definition) is 4. The van der Waals surface area contributed by atoms with Gasteiger partial charge in [-0.25, -0.2) is 9.97 Å². The molecule has 1 fully saturated rings. The number of carbonyl (C=O) groups excluding carboxylic acids is 1. The van der Waals surface area contributed by atoms with Crippen LogP contribution < -0.4 is 5.32 Å². The van der Waals surface area contributed by atoms with E-state index in [4.69, 9.17) is 0 Å². The number of aromatic nitrogens is 2. The number of amides is 1. The summed E-state index contributed by atoms with van der Waals surface area (Å²) in [7, 11) is 1.78. The van der Waals surface area contributed by atoms with Crippen molar-refractivity contribution in [2.24, 2.45) is 0 Å². The molecule has 5 nitrogen and oxygen atoms in total. The molecule has 0 aliphatic carbocycles. The summed E-state index contributed by atoms with van der Waals surface area (Å²) in [6, 6.07) is 0.297. The van der Waals surface area contributed by atoms with E-state index in [9.17, 15) is 4.79 Å². The Morgan fingerprint density at radius 3 is 2.83 bits per heavy atom. The predicted molar refractivity (Wildman–Crippen MR) is 70.5 cm³/mol. The Kier molecular flexibility index (Phi) is 4.12. The Balaban J connectivity index is 2.13. The van der Waals surface area contributed by atoms with Gasteiger partial charge in [-0.05, 0) is 19.8 Å². The summed E-state index contributed by atoms with van der Waals surface area (Å²) in [5, 5.41) is 2.89. The van der Waals surface area contributed by atoms with Gasteiger partial charge in [0.05, 0.1) is 12.4 Å². The van der Waals surface area contributed by atoms with Crippen molar-refractivity contribution in [1.82, 2.24) is 14.9 Å². The molecule has 1 unspecified atom stereocenters. The Bertz CT molecular complexity index is 404. The van der Waals surface area contributed by atoms with Gasteiger partial charge in [0.1, 0.15) is 11.5 Å². The number of carbonyl (C=O) groups is 1. The van der Waals surface area contributed by atoms with Gasteiger partial charge in [0, 0.05) is 19.6 Å². The topological polar surface area (TPSA) is 58.1 Å². The van der Waals surface area contributed by atoms with Crippen LogP contribution in [-0.2, 0) is 0 Å². The smallest absolute Gasteiger partial charge is 0.274 e. The quantitative estimate of drug-likeness (QED) is 0.868. The van der Waals surface area contributed by atoms with Gasteiger partial charge in [-0.1, -0.05) is 12.8 Å². The van der Waals surface area contributed by atoms with Crippen LogP contribution in [0.2, 0.25) is 0 Å². The predicted octanol–water partition coefficient (Wildman–Crippen LogP) is 1.92. The minimum absolute atomic E-state index is 0.000414. The highest BCUT2D eigenvalue weighted by atomic mass is 16.2. The summed E-state index contributed by atoms with van der Waals surface area (Å²) >= 11 is 0. The van der Waals surface area contributed by atoms with E-state index in [1.54, 1.807) is 19.4 Å². The van der Waals surface area contributed by atoms with Gasteiger partial charge >= 0.3 is 0 Å². The number of rotatable bonds is 2. The van der Waals surface area contributed by atoms with E-state index < -0.39 is 0 Å². The van der Waals surface area contributed by atoms with Gasteiger partial charge in [0.2, 0.25) is 0 Å². The fourth-order valence-electron chi connectivity index (χ4n) is 2.29. The van der Waals surface area contributed by atoms with Gasteiger partial charge in [-0.2, -0.15) is 0 Å². The standard InChI is InChI=1S/C13H20N4O/c1-10-6-4-3-5-7-17(10)13(18)11-8-16-12(14-2)9-15-11/h8-10H,3-7H2,1-2H3,(H,14,16). The molecule has 0 saturated carbocycles. The molecule has 1 aromatic heterocycles. The molecule has 5 heteroatoms. The number of anilines is 1. The van der Waals surface area contributed by atoms with E-state index in [2.05, 4.69) is 22.2 Å². The third-order valence-corrected chi connectivity index (χ3v) is 3.44. The van der Waals surface area contributed by atoms with Crippen LogP contribution in [-0.4, -0.2) is 40.4 Å². The molecule has 1 amide bonds. The zero-order valence-corrected chi connectivity index (χ0v) is 11.0. The molecule has 1 saturated heterocycles. The third kappa shape index (κ3) is 2.78. The highest BCUT2D eigenvalue weighted by Crippen LogP contribution is 2.18. The number of nitrogens with one attached hydrogen (secondary N) is 1. The lowest BCUT2D eigenvalue weighted by atomic mass is 10.1. The molecule has 2 heterocycles. The maximum atomic E-state index is 12.4. The van der Waals surface area contributed by atoms with Gasteiger partial charge in [0.15, 0.2) is 0 Å². The second-order valence-electron chi connectivity index (χ2n) is 4.73. The van der Waals surface area contributed by atoms with Crippen molar-refractivity contribution in [3.63, 3.8) is 0 Å². The van der Waals surface area contributed by atoms with E-state index in [0.717, 1.165) is 19.4 Å². The Hall–Kier alpha value is -1.65. The Labute approximate surface area is 108 Å². The molecule has 2 rings (SSSR count). The van der Waals surface area contributed by atoms with Crippen LogP contribution in [0.4, 0.5) is 5.82 Å². The second kappa shape index (κ2) is 5.80. The summed E-state index contributed by atoms with van der Waals surface area (Å²) in [6.45, 7) is 2.94. The minimum atomic E-state index is -0.000414. The maximum absolute atomic E-state index is 12.4. The first kappa shape index (κ1) is 12.8. The summed E-state index contributed by atoms with van der Waals surface area (Å²) < 4.78 is 0. The molecule has 0 spiro atoms. The first-order valence-corrected chi connectivity index (χ1v) is 6.53. The van der Waals surface area contributed by atoms with Gasteiger partial charge < -0.3 is 10.2 Å². The lowest BCUT2D eigenvalue weighted by Gasteiger charge is -2.26. The van der Waals surface area contributed by atoms with Crippen LogP contribution in [0.5, 0.6) is 0 Å². The molecule has 1 aliphatic rings. The van der Waals surface area contributed by atoms with Gasteiger partial charge in [0.25, 0.3) is 5.91 Å². The largest absolute Gasteiger partial charge is 0.372 e. The first-order chi connectivity index (χ1) is 8.72. The minimum Gasteiger partial charge on any atom is -0.372 e. The van der Waals surface area contributed by atoms with Crippen molar-refractivity contribution in [2.45, 2.75) is 38.6 Å². The van der Waals surface area contributed by atoms with E-state index in [-0.39, 0.29) is 5.91 Å². The van der Waals surface area contributed by atoms with Crippen LogP contribution >= 0.6 is 0 Å². The summed E-state index contributed by atoms with van der Waals surface area (Å²) in [4.78, 5) is 22.6. The molecule has 18 heavy (non-hydrogen) atoms. The molecule has 1 N–H and O–H groups in total. The Morgan fingerprint density at radius 1 is 1.33 bits per heavy atom. The molecule has 1 aliphatic heterocycles. The van der Waals surface area contributed by atoms with Crippen molar-refractivity contribution in [3.05, 3.63) is 18.1 Å². The van der Waals surface area contributed by atoms with Crippen LogP contribution in [0.1, 0.15) is 43.1 Å². The molecule has 1 atom stereocenters. The summed E-state index contributed by atoms with van der Waals surface area (Å²) in [6.07, 6.45) is 7.71. The highest BCUT2D eigenvalue weighted by molar-refractivity contribution is 5.92. The average Bonchev–Trinajstić information content (AvgIpc) is 2.63. The highest BCUT2D eigenvalue weighted by Gasteiger charge is 2.24. The van der Waals surface area contributed by atoms with Crippen molar-refractivity contribution < 1.29 is 4.79 Å². The summed E-state index contributed by atoms with van der Waals surface area (Å²) in [5.74, 6) is 0.676. The molecule has 1 aromatic rings. The van der Waals surface area contributed by atoms with Crippen LogP contribution in [0.3, 0.4) is 0 Å². The fourth-order valence-corrected chi connectivity index (χ4v) is 2.29. The zero-order chi connectivity index (χ0) is 13.0. The van der Waals surface area contributed by atoms with E-state index in [1.165, 1.54) is 12.8 Å². The SMILES string of the molecule is CNc1cnc(C(=O)N2CCCCCC2C)cn1. The number of hydrogen-bond donors (Lipinski definition) is 1. The number of likely N-dealkylation sites (tertiary alicyclic amines) is 1. The van der Waals surface area contributed by atoms with Gasteiger partial charge in [-0.3, -0.25) is 4.79 Å². The molecule has 0 bridgehead atoms. The fraction of sp³-hybridized carbons (Fsp3) is 0.615. The van der Waals surface area contributed by atoms with E-state index >= 15 is 0 Å². The molecule has 0 aromatic carbocycles. The van der Waals surface area contributed by atoms with E-state index in [0.29, 0.717) is 17.6 Å². The lowest BCUT2D eigenvalue weighted by molar-refractivity contribution is 0.0691. The van der Waals surface area contributed by atoms with Crippen molar-refractivity contribution in [2.75, 3.05) is 18.9 Å². The third-order valence-electron chi connectivity index (χ3n) is 3.44. The molecular weight excluding hydrogens is 228 g/mol. The second-order valence-corrected chi connectivity index (χ2v) is 4.73. The lowest BCUT2D eigenvalue weighted by Crippen LogP contribution is -2.38. The Morgan fingerprint density at radius 2 is 2.17 bits per heavy atom. The van der Waals surface area contributed by atoms with Crippen molar-refractivity contribution >= 4 is 11.7 Å². The van der Waals surface area contributed by atoms with Crippen molar-refractivity contribution in [1.29, 1.82) is 0 Å². The molecule has 0 radical (unpaired) electrons. The monoisotopic (exact) mass is 248 g/mol. The van der Waals surface area contributed by atoms with Crippen LogP contribution in [0, 0.1) is 0 Å². The first-order valence-electron chi connectivity index (χ1n) is 6.53. The summed E-state index contributed by atoms with van der Waals surface area (Å²) in [5.41, 5.74) is 0.433. The van der Waals surface area contributed by atoms with Gasteiger partial charge in [-0.15, -0.1) is 0 Å². The van der Waals surface area contributed by atoms with Crippen LogP contribution in [0.15, 0.2) is 12.4 Å². The normalized spacial score (nSPS) is 20.3. The molecule has 98 valence electrons. The van der Waals surface area contributed by atoms with E-state index in [1.807, 2.05) is 4.90 Å². The number of nitrogens with zero attached hydrogens (tertiary/aromatic N) is 3. The zero-order valence-electron chi connectivity index (χ0n) is 11.0.